The van der Waals surface area contributed by atoms with Crippen LogP contribution >= 0.6 is 0 Å². The number of nitrogens with one attached hydrogen (secondary N) is 1. The molecule has 0 saturated carbocycles. The fraction of sp³-hybridized carbons (Fsp3) is 0.500. The van der Waals surface area contributed by atoms with Crippen molar-refractivity contribution in [3.8, 4) is 11.8 Å². The number of ether oxygens (including phenoxy) is 1. The molecule has 0 bridgehead atoms. The Labute approximate surface area is 116 Å². The largest absolute Gasteiger partial charge is 0.394 e. The maximum atomic E-state index is 11.6. The number of aryl methyl sites for hydroxylation is 1. The van der Waals surface area contributed by atoms with Gasteiger partial charge < -0.3 is 25.0 Å². The minimum atomic E-state index is -1.19. The number of hydrogen-bond donors (Lipinski definition) is 4. The molecule has 0 radical (unpaired) electrons. The first-order chi connectivity index (χ1) is 9.49. The quantitative estimate of drug-likeness (QED) is 0.531. The number of H-pyrrole nitrogens is 1. The maximum absolute atomic E-state index is 11.6. The van der Waals surface area contributed by atoms with Crippen LogP contribution in [0.2, 0.25) is 0 Å². The molecule has 2 rings (SSSR count). The van der Waals surface area contributed by atoms with Crippen molar-refractivity contribution in [3.05, 3.63) is 33.2 Å². The van der Waals surface area contributed by atoms with Crippen LogP contribution in [0.4, 0.5) is 0 Å². The number of aliphatic hydroxyl groups excluding tert-OH is 3. The number of aromatic amines is 1. The van der Waals surface area contributed by atoms with Crippen molar-refractivity contribution >= 4 is 0 Å². The van der Waals surface area contributed by atoms with E-state index < -0.39 is 31.0 Å². The van der Waals surface area contributed by atoms with Gasteiger partial charge in [-0.25, -0.2) is 0 Å². The molecule has 0 amide bonds. The van der Waals surface area contributed by atoms with Crippen LogP contribution in [0.25, 0.3) is 0 Å². The standard InChI is InChI=1S/C14H17NO5/c1-3-4-9-8(5-7(2)14(19)15-9)13-12(18)11(17)10(6-16)20-13/h5,10-13,16-18H,6H2,1-2H3,(H,15,19)/t10-,11?,12+,13+/m1/s1. The summed E-state index contributed by atoms with van der Waals surface area (Å²) in [5.41, 5.74) is 1.04. The van der Waals surface area contributed by atoms with E-state index in [0.29, 0.717) is 16.8 Å². The molecule has 0 aliphatic carbocycles. The van der Waals surface area contributed by atoms with Crippen molar-refractivity contribution in [2.24, 2.45) is 0 Å². The van der Waals surface area contributed by atoms with E-state index in [-0.39, 0.29) is 5.56 Å². The Balaban J connectivity index is 2.49. The van der Waals surface area contributed by atoms with Crippen LogP contribution in [0.3, 0.4) is 0 Å². The van der Waals surface area contributed by atoms with Crippen LogP contribution in [0.5, 0.6) is 0 Å². The van der Waals surface area contributed by atoms with Crippen LogP contribution in [0, 0.1) is 18.8 Å². The lowest BCUT2D eigenvalue weighted by molar-refractivity contribution is -0.0229. The Hall–Kier alpha value is -1.65. The summed E-state index contributed by atoms with van der Waals surface area (Å²) in [4.78, 5) is 14.3. The monoisotopic (exact) mass is 279 g/mol. The number of aromatic nitrogens is 1. The third-order valence-corrected chi connectivity index (χ3v) is 3.36. The highest BCUT2D eigenvalue weighted by Crippen LogP contribution is 2.34. The molecule has 20 heavy (non-hydrogen) atoms. The lowest BCUT2D eigenvalue weighted by atomic mass is 9.99. The summed E-state index contributed by atoms with van der Waals surface area (Å²) in [5.74, 6) is 5.43. The van der Waals surface area contributed by atoms with Gasteiger partial charge in [-0.3, -0.25) is 4.79 Å². The predicted molar refractivity (Wildman–Crippen MR) is 71.1 cm³/mol. The van der Waals surface area contributed by atoms with E-state index in [9.17, 15) is 15.0 Å². The normalized spacial score (nSPS) is 29.1. The fourth-order valence-electron chi connectivity index (χ4n) is 2.26. The molecule has 1 saturated heterocycles. The zero-order valence-corrected chi connectivity index (χ0v) is 11.3. The van der Waals surface area contributed by atoms with Crippen LogP contribution < -0.4 is 5.56 Å². The van der Waals surface area contributed by atoms with E-state index in [2.05, 4.69) is 16.8 Å². The summed E-state index contributed by atoms with van der Waals surface area (Å²) >= 11 is 0. The average Bonchev–Trinajstić information content (AvgIpc) is 2.70. The first-order valence-electron chi connectivity index (χ1n) is 6.28. The Morgan fingerprint density at radius 1 is 1.40 bits per heavy atom. The van der Waals surface area contributed by atoms with Crippen LogP contribution in [-0.4, -0.2) is 45.2 Å². The molecule has 2 heterocycles. The maximum Gasteiger partial charge on any atom is 0.251 e. The third-order valence-electron chi connectivity index (χ3n) is 3.36. The number of aliphatic hydroxyl groups is 3. The van der Waals surface area contributed by atoms with E-state index >= 15 is 0 Å². The van der Waals surface area contributed by atoms with E-state index in [1.165, 1.54) is 0 Å². The first-order valence-corrected chi connectivity index (χ1v) is 6.28. The molecule has 1 aromatic rings. The van der Waals surface area contributed by atoms with Gasteiger partial charge in [0.1, 0.15) is 24.4 Å². The second-order valence-corrected chi connectivity index (χ2v) is 4.75. The van der Waals surface area contributed by atoms with E-state index in [1.54, 1.807) is 19.9 Å². The molecule has 1 aliphatic rings. The van der Waals surface area contributed by atoms with Gasteiger partial charge in [0, 0.05) is 11.1 Å². The highest BCUT2D eigenvalue weighted by atomic mass is 16.6. The molecule has 0 spiro atoms. The van der Waals surface area contributed by atoms with Crippen molar-refractivity contribution in [1.29, 1.82) is 0 Å². The Morgan fingerprint density at radius 2 is 2.10 bits per heavy atom. The summed E-state index contributed by atoms with van der Waals surface area (Å²) in [6, 6.07) is 1.58. The molecule has 6 heteroatoms. The average molecular weight is 279 g/mol. The van der Waals surface area contributed by atoms with Crippen molar-refractivity contribution in [3.63, 3.8) is 0 Å². The zero-order valence-electron chi connectivity index (χ0n) is 11.3. The van der Waals surface area contributed by atoms with E-state index in [1.807, 2.05) is 0 Å². The van der Waals surface area contributed by atoms with Gasteiger partial charge in [0.05, 0.1) is 12.3 Å². The van der Waals surface area contributed by atoms with E-state index in [4.69, 9.17) is 9.84 Å². The molecular formula is C14H17NO5. The molecule has 6 nitrogen and oxygen atoms in total. The summed E-state index contributed by atoms with van der Waals surface area (Å²) in [6.45, 7) is 2.86. The first kappa shape index (κ1) is 14.8. The molecule has 1 aromatic heterocycles. The number of hydrogen-bond acceptors (Lipinski definition) is 5. The molecule has 108 valence electrons. The lowest BCUT2D eigenvalue weighted by Crippen LogP contribution is -2.32. The highest BCUT2D eigenvalue weighted by molar-refractivity contribution is 5.39. The molecule has 1 aliphatic heterocycles. The van der Waals surface area contributed by atoms with Crippen molar-refractivity contribution in [2.45, 2.75) is 38.3 Å². The highest BCUT2D eigenvalue weighted by Gasteiger charge is 2.43. The number of pyridine rings is 1. The minimum Gasteiger partial charge on any atom is -0.394 e. The molecule has 4 N–H and O–H groups in total. The second-order valence-electron chi connectivity index (χ2n) is 4.75. The Morgan fingerprint density at radius 3 is 2.65 bits per heavy atom. The minimum absolute atomic E-state index is 0.266. The van der Waals surface area contributed by atoms with Gasteiger partial charge in [-0.05, 0) is 25.8 Å². The van der Waals surface area contributed by atoms with Gasteiger partial charge in [0.2, 0.25) is 0 Å². The summed E-state index contributed by atoms with van der Waals surface area (Å²) in [5, 5.41) is 28.9. The van der Waals surface area contributed by atoms with E-state index in [0.717, 1.165) is 0 Å². The van der Waals surface area contributed by atoms with Crippen molar-refractivity contribution in [1.82, 2.24) is 4.98 Å². The summed E-state index contributed by atoms with van der Waals surface area (Å²) in [6.07, 6.45) is -4.06. The Kier molecular flexibility index (Phi) is 4.26. The van der Waals surface area contributed by atoms with Gasteiger partial charge in [-0.1, -0.05) is 5.92 Å². The van der Waals surface area contributed by atoms with Crippen LogP contribution in [0.1, 0.15) is 29.8 Å². The molecule has 1 unspecified atom stereocenters. The fourth-order valence-corrected chi connectivity index (χ4v) is 2.26. The van der Waals surface area contributed by atoms with Crippen LogP contribution in [0.15, 0.2) is 10.9 Å². The van der Waals surface area contributed by atoms with Crippen molar-refractivity contribution in [2.75, 3.05) is 6.61 Å². The number of rotatable bonds is 2. The summed E-state index contributed by atoms with van der Waals surface area (Å²) in [7, 11) is 0. The molecular weight excluding hydrogens is 262 g/mol. The third kappa shape index (κ3) is 2.49. The molecule has 1 fully saturated rings. The zero-order chi connectivity index (χ0) is 14.9. The summed E-state index contributed by atoms with van der Waals surface area (Å²) < 4.78 is 5.46. The lowest BCUT2D eigenvalue weighted by Gasteiger charge is -2.17. The Bertz CT molecular complexity index is 612. The topological polar surface area (TPSA) is 103 Å². The smallest absolute Gasteiger partial charge is 0.251 e. The second kappa shape index (κ2) is 5.77. The van der Waals surface area contributed by atoms with Gasteiger partial charge >= 0.3 is 0 Å². The van der Waals surface area contributed by atoms with Gasteiger partial charge in [-0.2, -0.15) is 0 Å². The van der Waals surface area contributed by atoms with Crippen molar-refractivity contribution < 1.29 is 20.1 Å². The van der Waals surface area contributed by atoms with Gasteiger partial charge in [0.15, 0.2) is 0 Å². The molecule has 4 atom stereocenters. The van der Waals surface area contributed by atoms with Crippen LogP contribution in [-0.2, 0) is 4.74 Å². The molecule has 0 aromatic carbocycles. The van der Waals surface area contributed by atoms with Gasteiger partial charge in [0.25, 0.3) is 5.56 Å². The predicted octanol–water partition coefficient (Wildman–Crippen LogP) is -0.791. The van der Waals surface area contributed by atoms with Gasteiger partial charge in [-0.15, -0.1) is 0 Å². The SMILES string of the molecule is CC#Cc1[nH]c(=O)c(C)cc1[C@@H]1O[C@H](CO)C(O)[C@@H]1O.